The zero-order valence-corrected chi connectivity index (χ0v) is 16.3. The van der Waals surface area contributed by atoms with Gasteiger partial charge in [0.25, 0.3) is 5.56 Å². The number of halogens is 4. The van der Waals surface area contributed by atoms with E-state index in [1.54, 1.807) is 18.2 Å². The van der Waals surface area contributed by atoms with Gasteiger partial charge in [-0.05, 0) is 30.7 Å². The molecule has 0 unspecified atom stereocenters. The van der Waals surface area contributed by atoms with Crippen LogP contribution in [0.1, 0.15) is 17.0 Å². The number of para-hydroxylation sites is 1. The van der Waals surface area contributed by atoms with E-state index in [4.69, 9.17) is 11.6 Å². The summed E-state index contributed by atoms with van der Waals surface area (Å²) in [6.45, 7) is 1.86. The molecule has 30 heavy (non-hydrogen) atoms. The van der Waals surface area contributed by atoms with Crippen molar-refractivity contribution < 1.29 is 17.9 Å². The van der Waals surface area contributed by atoms with Crippen molar-refractivity contribution >= 4 is 22.6 Å². The Hall–Kier alpha value is -3.33. The molecule has 4 aromatic rings. The molecule has 2 heterocycles. The van der Waals surface area contributed by atoms with Gasteiger partial charge in [0, 0.05) is 17.0 Å². The number of aryl methyl sites for hydroxylation is 1. The average molecular weight is 435 g/mol. The standard InChI is InChI=1S/C20H14ClF3N4O2/c1-11-6-7-13(21)9-15(11)28-18-14(10-25-28)19(29)27-17(26-18)8-12-4-2-3-5-16(12)30-20(22,23)24/h2-7,9-10H,8H2,1H3,(H,26,27,29). The van der Waals surface area contributed by atoms with Gasteiger partial charge < -0.3 is 9.72 Å². The minimum atomic E-state index is -4.83. The van der Waals surface area contributed by atoms with Crippen LogP contribution >= 0.6 is 11.6 Å². The molecule has 0 saturated carbocycles. The zero-order valence-electron chi connectivity index (χ0n) is 15.5. The lowest BCUT2D eigenvalue weighted by atomic mass is 10.1. The number of aromatic nitrogens is 4. The molecule has 0 aliphatic carbocycles. The first-order chi connectivity index (χ1) is 14.2. The van der Waals surface area contributed by atoms with Crippen LogP contribution in [-0.4, -0.2) is 26.1 Å². The summed E-state index contributed by atoms with van der Waals surface area (Å²) in [4.78, 5) is 19.6. The molecule has 0 bridgehead atoms. The molecule has 0 aliphatic heterocycles. The molecule has 0 fully saturated rings. The second kappa shape index (κ2) is 7.49. The van der Waals surface area contributed by atoms with Crippen molar-refractivity contribution in [2.24, 2.45) is 0 Å². The quantitative estimate of drug-likeness (QED) is 0.511. The van der Waals surface area contributed by atoms with Gasteiger partial charge >= 0.3 is 6.36 Å². The molecule has 0 atom stereocenters. The third kappa shape index (κ3) is 4.02. The van der Waals surface area contributed by atoms with Gasteiger partial charge in [-0.1, -0.05) is 35.9 Å². The summed E-state index contributed by atoms with van der Waals surface area (Å²) in [5.41, 5.74) is 1.55. The molecular weight excluding hydrogens is 421 g/mol. The third-order valence-electron chi connectivity index (χ3n) is 4.44. The highest BCUT2D eigenvalue weighted by Gasteiger charge is 2.32. The number of nitrogens with zero attached hydrogens (tertiary/aromatic N) is 3. The van der Waals surface area contributed by atoms with E-state index in [1.165, 1.54) is 29.1 Å². The van der Waals surface area contributed by atoms with Crippen molar-refractivity contribution in [2.75, 3.05) is 0 Å². The van der Waals surface area contributed by atoms with Crippen LogP contribution < -0.4 is 10.3 Å². The number of hydrogen-bond acceptors (Lipinski definition) is 4. The van der Waals surface area contributed by atoms with Crippen molar-refractivity contribution in [3.8, 4) is 11.4 Å². The smallest absolute Gasteiger partial charge is 0.405 e. The summed E-state index contributed by atoms with van der Waals surface area (Å²) in [5, 5.41) is 4.98. The van der Waals surface area contributed by atoms with E-state index in [9.17, 15) is 18.0 Å². The number of nitrogens with one attached hydrogen (secondary N) is 1. The van der Waals surface area contributed by atoms with Crippen LogP contribution in [0, 0.1) is 6.92 Å². The summed E-state index contributed by atoms with van der Waals surface area (Å²) in [6, 6.07) is 10.9. The second-order valence-corrected chi connectivity index (χ2v) is 7.01. The number of hydrogen-bond donors (Lipinski definition) is 1. The van der Waals surface area contributed by atoms with Crippen LogP contribution in [0.15, 0.2) is 53.5 Å². The molecule has 0 radical (unpaired) electrons. The Bertz CT molecular complexity index is 1300. The van der Waals surface area contributed by atoms with Gasteiger partial charge in [-0.25, -0.2) is 9.67 Å². The minimum Gasteiger partial charge on any atom is -0.405 e. The van der Waals surface area contributed by atoms with Crippen molar-refractivity contribution in [3.63, 3.8) is 0 Å². The van der Waals surface area contributed by atoms with E-state index in [1.807, 2.05) is 13.0 Å². The van der Waals surface area contributed by atoms with Crippen LogP contribution in [0.5, 0.6) is 5.75 Å². The highest BCUT2D eigenvalue weighted by atomic mass is 35.5. The van der Waals surface area contributed by atoms with Gasteiger partial charge in [0.05, 0.1) is 11.9 Å². The van der Waals surface area contributed by atoms with Crippen molar-refractivity contribution in [1.82, 2.24) is 19.7 Å². The number of aromatic amines is 1. The first kappa shape index (κ1) is 20.0. The molecule has 0 spiro atoms. The number of alkyl halides is 3. The summed E-state index contributed by atoms with van der Waals surface area (Å²) in [6.07, 6.45) is -3.52. The molecule has 0 amide bonds. The lowest BCUT2D eigenvalue weighted by molar-refractivity contribution is -0.274. The fourth-order valence-corrected chi connectivity index (χ4v) is 3.26. The van der Waals surface area contributed by atoms with E-state index < -0.39 is 11.9 Å². The molecule has 4 rings (SSSR count). The van der Waals surface area contributed by atoms with Gasteiger partial charge in [-0.15, -0.1) is 13.2 Å². The number of fused-ring (bicyclic) bond motifs is 1. The Morgan fingerprint density at radius 2 is 1.97 bits per heavy atom. The Morgan fingerprint density at radius 1 is 1.20 bits per heavy atom. The van der Waals surface area contributed by atoms with Gasteiger partial charge in [0.15, 0.2) is 5.65 Å². The van der Waals surface area contributed by atoms with Gasteiger partial charge in [0.1, 0.15) is 17.0 Å². The lowest BCUT2D eigenvalue weighted by Crippen LogP contribution is -2.18. The number of rotatable bonds is 4. The van der Waals surface area contributed by atoms with Crippen LogP contribution in [0.3, 0.4) is 0 Å². The highest BCUT2D eigenvalue weighted by Crippen LogP contribution is 2.28. The summed E-state index contributed by atoms with van der Waals surface area (Å²) in [7, 11) is 0. The average Bonchev–Trinajstić information content (AvgIpc) is 3.08. The van der Waals surface area contributed by atoms with E-state index in [-0.39, 0.29) is 34.6 Å². The molecule has 154 valence electrons. The van der Waals surface area contributed by atoms with Crippen LogP contribution in [0.2, 0.25) is 5.02 Å². The maximum Gasteiger partial charge on any atom is 0.573 e. The summed E-state index contributed by atoms with van der Waals surface area (Å²) < 4.78 is 43.6. The maximum absolute atomic E-state index is 12.7. The Morgan fingerprint density at radius 3 is 2.73 bits per heavy atom. The monoisotopic (exact) mass is 434 g/mol. The maximum atomic E-state index is 12.7. The van der Waals surface area contributed by atoms with E-state index in [2.05, 4.69) is 19.8 Å². The highest BCUT2D eigenvalue weighted by molar-refractivity contribution is 6.30. The number of benzene rings is 2. The summed E-state index contributed by atoms with van der Waals surface area (Å²) in [5.74, 6) is -0.181. The first-order valence-corrected chi connectivity index (χ1v) is 9.16. The number of H-pyrrole nitrogens is 1. The topological polar surface area (TPSA) is 72.8 Å². The molecular formula is C20H14ClF3N4O2. The molecule has 0 saturated heterocycles. The predicted molar refractivity (Wildman–Crippen MR) is 105 cm³/mol. The predicted octanol–water partition coefficient (Wildman–Crippen LogP) is 4.56. The minimum absolute atomic E-state index is 0.0723. The van der Waals surface area contributed by atoms with Gasteiger partial charge in [-0.3, -0.25) is 4.79 Å². The lowest BCUT2D eigenvalue weighted by Gasteiger charge is -2.13. The molecule has 2 aromatic heterocycles. The number of ether oxygens (including phenoxy) is 1. The summed E-state index contributed by atoms with van der Waals surface area (Å²) >= 11 is 6.09. The molecule has 10 heteroatoms. The molecule has 2 aromatic carbocycles. The largest absolute Gasteiger partial charge is 0.573 e. The fourth-order valence-electron chi connectivity index (χ4n) is 3.09. The van der Waals surface area contributed by atoms with Crippen LogP contribution in [0.25, 0.3) is 16.7 Å². The van der Waals surface area contributed by atoms with Crippen molar-refractivity contribution in [3.05, 3.63) is 81.0 Å². The van der Waals surface area contributed by atoms with Gasteiger partial charge in [0.2, 0.25) is 0 Å². The third-order valence-corrected chi connectivity index (χ3v) is 4.68. The van der Waals surface area contributed by atoms with Crippen LogP contribution in [0.4, 0.5) is 13.2 Å². The van der Waals surface area contributed by atoms with E-state index >= 15 is 0 Å². The SMILES string of the molecule is Cc1ccc(Cl)cc1-n1ncc2c(=O)[nH]c(Cc3ccccc3OC(F)(F)F)nc21. The Balaban J connectivity index is 1.79. The van der Waals surface area contributed by atoms with Crippen molar-refractivity contribution in [1.29, 1.82) is 0 Å². The fraction of sp³-hybridized carbons (Fsp3) is 0.150. The molecule has 0 aliphatic rings. The Labute approximate surface area is 172 Å². The van der Waals surface area contributed by atoms with E-state index in [0.717, 1.165) is 5.56 Å². The molecule has 6 nitrogen and oxygen atoms in total. The normalized spacial score (nSPS) is 11.8. The van der Waals surface area contributed by atoms with Crippen LogP contribution in [-0.2, 0) is 6.42 Å². The van der Waals surface area contributed by atoms with Crippen molar-refractivity contribution in [2.45, 2.75) is 19.7 Å². The second-order valence-electron chi connectivity index (χ2n) is 6.57. The first-order valence-electron chi connectivity index (χ1n) is 8.78. The van der Waals surface area contributed by atoms with E-state index in [0.29, 0.717) is 10.7 Å². The van der Waals surface area contributed by atoms with Gasteiger partial charge in [-0.2, -0.15) is 5.10 Å². The zero-order chi connectivity index (χ0) is 21.5. The Kier molecular flexibility index (Phi) is 4.98. The molecule has 1 N–H and O–H groups in total.